The first-order chi connectivity index (χ1) is 10.6. The summed E-state index contributed by atoms with van der Waals surface area (Å²) in [7, 11) is 0. The molecule has 2 N–H and O–H groups in total. The summed E-state index contributed by atoms with van der Waals surface area (Å²) in [6.45, 7) is 2.81. The lowest BCUT2D eigenvalue weighted by molar-refractivity contribution is 0.102. The minimum Gasteiger partial charge on any atom is -0.508 e. The highest BCUT2D eigenvalue weighted by molar-refractivity contribution is 7.99. The van der Waals surface area contributed by atoms with Crippen molar-refractivity contribution in [1.29, 1.82) is 0 Å². The lowest BCUT2D eigenvalue weighted by Gasteiger charge is -2.07. The molecule has 1 fully saturated rings. The van der Waals surface area contributed by atoms with Crippen molar-refractivity contribution in [2.24, 2.45) is 0 Å². The van der Waals surface area contributed by atoms with Gasteiger partial charge in [-0.25, -0.2) is 0 Å². The van der Waals surface area contributed by atoms with Crippen molar-refractivity contribution in [2.45, 2.75) is 37.4 Å². The summed E-state index contributed by atoms with van der Waals surface area (Å²) in [5, 5.41) is 28.1. The van der Waals surface area contributed by atoms with Crippen LogP contribution in [-0.4, -0.2) is 36.5 Å². The molecule has 1 heterocycles. The van der Waals surface area contributed by atoms with Crippen LogP contribution in [0.15, 0.2) is 23.4 Å². The predicted molar refractivity (Wildman–Crippen MR) is 82.5 cm³/mol. The molecule has 3 rings (SSSR count). The third-order valence-corrected chi connectivity index (χ3v) is 4.59. The Morgan fingerprint density at radius 1 is 1.36 bits per heavy atom. The van der Waals surface area contributed by atoms with E-state index in [2.05, 4.69) is 10.2 Å². The van der Waals surface area contributed by atoms with Gasteiger partial charge in [-0.3, -0.25) is 4.79 Å². The third kappa shape index (κ3) is 2.94. The van der Waals surface area contributed by atoms with Gasteiger partial charge in [0, 0.05) is 18.5 Å². The lowest BCUT2D eigenvalue weighted by Crippen LogP contribution is -2.06. The van der Waals surface area contributed by atoms with Crippen molar-refractivity contribution in [3.63, 3.8) is 0 Å². The Bertz CT molecular complexity index is 710. The van der Waals surface area contributed by atoms with Gasteiger partial charge in [-0.15, -0.1) is 10.2 Å². The first-order valence-electron chi connectivity index (χ1n) is 7.21. The molecule has 22 heavy (non-hydrogen) atoms. The Morgan fingerprint density at radius 2 is 2.14 bits per heavy atom. The molecule has 7 heteroatoms. The number of benzene rings is 1. The Morgan fingerprint density at radius 3 is 2.77 bits per heavy atom. The van der Waals surface area contributed by atoms with Crippen molar-refractivity contribution in [3.05, 3.63) is 29.6 Å². The second-order valence-electron chi connectivity index (χ2n) is 5.27. The number of hydrogen-bond donors (Lipinski definition) is 2. The monoisotopic (exact) mass is 319 g/mol. The largest absolute Gasteiger partial charge is 0.508 e. The summed E-state index contributed by atoms with van der Waals surface area (Å²) < 4.78 is 2.05. The van der Waals surface area contributed by atoms with Gasteiger partial charge in [0.15, 0.2) is 10.9 Å². The smallest absolute Gasteiger partial charge is 0.191 e. The van der Waals surface area contributed by atoms with E-state index in [0.717, 1.165) is 36.4 Å². The molecule has 1 aliphatic rings. The minimum atomic E-state index is -0.207. The summed E-state index contributed by atoms with van der Waals surface area (Å²) in [6, 6.07) is 3.97. The number of phenols is 2. The van der Waals surface area contributed by atoms with E-state index in [1.807, 2.05) is 11.5 Å². The quantitative estimate of drug-likeness (QED) is 0.628. The molecule has 116 valence electrons. The minimum absolute atomic E-state index is 0.0681. The van der Waals surface area contributed by atoms with Crippen LogP contribution in [0.2, 0.25) is 0 Å². The summed E-state index contributed by atoms with van der Waals surface area (Å²) in [6.07, 6.45) is 2.31. The molecule has 0 saturated heterocycles. The van der Waals surface area contributed by atoms with Crippen LogP contribution in [0.25, 0.3) is 0 Å². The number of aromatic hydroxyl groups is 2. The van der Waals surface area contributed by atoms with Crippen LogP contribution in [0.1, 0.15) is 41.9 Å². The van der Waals surface area contributed by atoms with Crippen molar-refractivity contribution in [3.8, 4) is 11.5 Å². The molecule has 6 nitrogen and oxygen atoms in total. The second-order valence-corrected chi connectivity index (χ2v) is 6.22. The number of rotatable bonds is 6. The number of hydrogen-bond acceptors (Lipinski definition) is 6. The number of carbonyl (C=O) groups excluding carboxylic acids is 1. The molecule has 0 spiro atoms. The van der Waals surface area contributed by atoms with Crippen molar-refractivity contribution in [2.75, 3.05) is 5.75 Å². The topological polar surface area (TPSA) is 88.2 Å². The van der Waals surface area contributed by atoms with E-state index in [-0.39, 0.29) is 28.6 Å². The summed E-state index contributed by atoms with van der Waals surface area (Å²) in [5.41, 5.74) is 0.204. The number of thioether (sulfide) groups is 1. The van der Waals surface area contributed by atoms with E-state index in [9.17, 15) is 15.0 Å². The zero-order chi connectivity index (χ0) is 15.7. The highest BCUT2D eigenvalue weighted by Gasteiger charge is 2.30. The Labute approximate surface area is 132 Å². The molecule has 0 amide bonds. The van der Waals surface area contributed by atoms with E-state index >= 15 is 0 Å². The molecule has 0 bridgehead atoms. The lowest BCUT2D eigenvalue weighted by atomic mass is 10.1. The fraction of sp³-hybridized carbons (Fsp3) is 0.400. The normalized spacial score (nSPS) is 14.2. The SMILES string of the molecule is CCn1c(SCC(=O)c2ccc(O)cc2O)nnc1C1CC1. The Kier molecular flexibility index (Phi) is 4.06. The van der Waals surface area contributed by atoms with E-state index in [1.165, 1.54) is 23.9 Å². The maximum absolute atomic E-state index is 12.2. The second kappa shape index (κ2) is 6.00. The molecule has 0 aliphatic heterocycles. The highest BCUT2D eigenvalue weighted by atomic mass is 32.2. The van der Waals surface area contributed by atoms with Gasteiger partial charge < -0.3 is 14.8 Å². The first kappa shape index (κ1) is 14.9. The van der Waals surface area contributed by atoms with Gasteiger partial charge in [0.05, 0.1) is 11.3 Å². The zero-order valence-electron chi connectivity index (χ0n) is 12.2. The maximum atomic E-state index is 12.2. The van der Waals surface area contributed by atoms with Crippen LogP contribution < -0.4 is 0 Å². The van der Waals surface area contributed by atoms with Crippen molar-refractivity contribution < 1.29 is 15.0 Å². The molecule has 2 aromatic rings. The average molecular weight is 319 g/mol. The first-order valence-corrected chi connectivity index (χ1v) is 8.19. The average Bonchev–Trinajstić information content (AvgIpc) is 3.25. The van der Waals surface area contributed by atoms with Crippen molar-refractivity contribution >= 4 is 17.5 Å². The molecule has 1 aliphatic carbocycles. The van der Waals surface area contributed by atoms with Gasteiger partial charge in [-0.1, -0.05) is 11.8 Å². The third-order valence-electron chi connectivity index (χ3n) is 3.62. The van der Waals surface area contributed by atoms with Gasteiger partial charge in [0.2, 0.25) is 0 Å². The van der Waals surface area contributed by atoms with E-state index in [4.69, 9.17) is 0 Å². The van der Waals surface area contributed by atoms with E-state index in [0.29, 0.717) is 5.92 Å². The molecule has 1 aromatic carbocycles. The molecular weight excluding hydrogens is 302 g/mol. The number of phenolic OH excluding ortho intramolecular Hbond substituents is 2. The van der Waals surface area contributed by atoms with Crippen molar-refractivity contribution in [1.82, 2.24) is 14.8 Å². The van der Waals surface area contributed by atoms with Gasteiger partial charge in [0.25, 0.3) is 0 Å². The predicted octanol–water partition coefficient (Wildman–Crippen LogP) is 2.56. The fourth-order valence-electron chi connectivity index (χ4n) is 2.31. The molecule has 0 unspecified atom stereocenters. The fourth-order valence-corrected chi connectivity index (χ4v) is 3.20. The van der Waals surface area contributed by atoms with Gasteiger partial charge in [0.1, 0.15) is 17.3 Å². The van der Waals surface area contributed by atoms with E-state index < -0.39 is 0 Å². The number of ketones is 1. The van der Waals surface area contributed by atoms with Crippen LogP contribution in [0, 0.1) is 0 Å². The highest BCUT2D eigenvalue weighted by Crippen LogP contribution is 2.40. The van der Waals surface area contributed by atoms with Gasteiger partial charge >= 0.3 is 0 Å². The van der Waals surface area contributed by atoms with Crippen LogP contribution in [0.3, 0.4) is 0 Å². The number of aromatic nitrogens is 3. The number of carbonyl (C=O) groups is 1. The number of nitrogens with zero attached hydrogens (tertiary/aromatic N) is 3. The van der Waals surface area contributed by atoms with Crippen LogP contribution in [0.4, 0.5) is 0 Å². The maximum Gasteiger partial charge on any atom is 0.191 e. The molecule has 1 aromatic heterocycles. The molecule has 0 atom stereocenters. The van der Waals surface area contributed by atoms with Crippen LogP contribution in [0.5, 0.6) is 11.5 Å². The summed E-state index contributed by atoms with van der Waals surface area (Å²) >= 11 is 1.32. The number of Topliss-reactive ketones (excluding diaryl/α,β-unsaturated/α-hetero) is 1. The Balaban J connectivity index is 1.70. The summed E-state index contributed by atoms with van der Waals surface area (Å²) in [5.74, 6) is 1.20. The molecular formula is C15H17N3O3S. The van der Waals surface area contributed by atoms with Crippen LogP contribution in [-0.2, 0) is 6.54 Å². The standard InChI is InChI=1S/C15H17N3O3S/c1-2-18-14(9-3-4-9)16-17-15(18)22-8-13(21)11-6-5-10(19)7-12(11)20/h5-7,9,19-20H,2-4,8H2,1H3. The molecule has 0 radical (unpaired) electrons. The zero-order valence-corrected chi connectivity index (χ0v) is 13.0. The van der Waals surface area contributed by atoms with Crippen LogP contribution >= 0.6 is 11.8 Å². The summed E-state index contributed by atoms with van der Waals surface area (Å²) in [4.78, 5) is 12.2. The van der Waals surface area contributed by atoms with E-state index in [1.54, 1.807) is 0 Å². The van der Waals surface area contributed by atoms with Gasteiger partial charge in [-0.05, 0) is 31.9 Å². The Hall–Kier alpha value is -2.02. The molecule has 1 saturated carbocycles. The van der Waals surface area contributed by atoms with Gasteiger partial charge in [-0.2, -0.15) is 0 Å².